The fourth-order valence-corrected chi connectivity index (χ4v) is 2.54. The van der Waals surface area contributed by atoms with Crippen molar-refractivity contribution in [2.45, 2.75) is 39.0 Å². The first-order valence-electron chi connectivity index (χ1n) is 6.53. The van der Waals surface area contributed by atoms with Crippen molar-refractivity contribution in [1.82, 2.24) is 0 Å². The maximum atomic E-state index is 13.1. The molecule has 0 unspecified atom stereocenters. The highest BCUT2D eigenvalue weighted by atomic mass is 35.5. The molecule has 120 valence electrons. The number of ether oxygens (including phenoxy) is 1. The standard InChI is InChI=1S/C15H14ClF3O3/c1-6(2)8-5-11(16)7(3)9-4-10(14(20)21)13(15(17,18)19)22-12(8)9/h4-6,13H,1-3H3,(H,20,21)/p-1/t13-/m0/s1. The molecule has 22 heavy (non-hydrogen) atoms. The lowest BCUT2D eigenvalue weighted by molar-refractivity contribution is -0.302. The monoisotopic (exact) mass is 333 g/mol. The van der Waals surface area contributed by atoms with Crippen molar-refractivity contribution in [2.24, 2.45) is 0 Å². The summed E-state index contributed by atoms with van der Waals surface area (Å²) in [6.45, 7) is 5.16. The molecule has 0 saturated heterocycles. The van der Waals surface area contributed by atoms with Gasteiger partial charge in [0.05, 0.1) is 5.97 Å². The van der Waals surface area contributed by atoms with E-state index in [1.165, 1.54) is 0 Å². The van der Waals surface area contributed by atoms with E-state index in [0.717, 1.165) is 6.08 Å². The molecule has 3 nitrogen and oxygen atoms in total. The SMILES string of the molecule is Cc1c(Cl)cc(C(C)C)c2c1C=C(C(=O)[O-])[C@@H](C(F)(F)F)O2. The Morgan fingerprint density at radius 3 is 2.45 bits per heavy atom. The van der Waals surface area contributed by atoms with E-state index in [2.05, 4.69) is 0 Å². The highest BCUT2D eigenvalue weighted by molar-refractivity contribution is 6.31. The van der Waals surface area contributed by atoms with E-state index in [0.29, 0.717) is 16.1 Å². The minimum absolute atomic E-state index is 0.0178. The Bertz CT molecular complexity index is 663. The summed E-state index contributed by atoms with van der Waals surface area (Å²) in [5.41, 5.74) is 0.241. The summed E-state index contributed by atoms with van der Waals surface area (Å²) in [7, 11) is 0. The quantitative estimate of drug-likeness (QED) is 0.835. The lowest BCUT2D eigenvalue weighted by Gasteiger charge is -2.32. The molecule has 1 aliphatic heterocycles. The summed E-state index contributed by atoms with van der Waals surface area (Å²) < 4.78 is 44.3. The second-order valence-corrected chi connectivity index (χ2v) is 5.80. The highest BCUT2D eigenvalue weighted by Gasteiger charge is 2.47. The summed E-state index contributed by atoms with van der Waals surface area (Å²) in [5, 5.41) is 11.4. The molecule has 0 aromatic heterocycles. The maximum Gasteiger partial charge on any atom is 0.429 e. The van der Waals surface area contributed by atoms with Crippen LogP contribution in [0.4, 0.5) is 13.2 Å². The lowest BCUT2D eigenvalue weighted by Crippen LogP contribution is -2.44. The average molecular weight is 334 g/mol. The number of aliphatic carboxylic acids is 1. The highest BCUT2D eigenvalue weighted by Crippen LogP contribution is 2.44. The van der Waals surface area contributed by atoms with E-state index in [1.807, 2.05) is 0 Å². The summed E-state index contributed by atoms with van der Waals surface area (Å²) in [5.74, 6) is -2.04. The third-order valence-electron chi connectivity index (χ3n) is 3.52. The molecular weight excluding hydrogens is 321 g/mol. The molecule has 1 aliphatic rings. The van der Waals surface area contributed by atoms with Crippen LogP contribution in [0.3, 0.4) is 0 Å². The number of benzene rings is 1. The second-order valence-electron chi connectivity index (χ2n) is 5.40. The molecule has 0 aliphatic carbocycles. The van der Waals surface area contributed by atoms with Gasteiger partial charge >= 0.3 is 6.18 Å². The van der Waals surface area contributed by atoms with Crippen molar-refractivity contribution in [1.29, 1.82) is 0 Å². The van der Waals surface area contributed by atoms with Crippen LogP contribution in [0.15, 0.2) is 11.6 Å². The predicted molar refractivity (Wildman–Crippen MR) is 73.7 cm³/mol. The molecule has 0 amide bonds. The van der Waals surface area contributed by atoms with Crippen LogP contribution in [0.25, 0.3) is 6.08 Å². The number of alkyl halides is 3. The maximum absolute atomic E-state index is 13.1. The molecule has 0 N–H and O–H groups in total. The van der Waals surface area contributed by atoms with Crippen molar-refractivity contribution < 1.29 is 27.8 Å². The van der Waals surface area contributed by atoms with Crippen molar-refractivity contribution in [3.63, 3.8) is 0 Å². The Hall–Kier alpha value is -1.69. The van der Waals surface area contributed by atoms with Crippen LogP contribution < -0.4 is 9.84 Å². The Balaban J connectivity index is 2.75. The van der Waals surface area contributed by atoms with Crippen molar-refractivity contribution in [3.8, 4) is 5.75 Å². The minimum atomic E-state index is -4.86. The molecule has 0 spiro atoms. The molecule has 0 saturated carbocycles. The van der Waals surface area contributed by atoms with Gasteiger partial charge in [-0.05, 0) is 36.1 Å². The lowest BCUT2D eigenvalue weighted by atomic mass is 9.91. The summed E-state index contributed by atoms with van der Waals surface area (Å²) >= 11 is 6.08. The zero-order valence-corrected chi connectivity index (χ0v) is 12.8. The third kappa shape index (κ3) is 2.79. The smallest absolute Gasteiger partial charge is 0.429 e. The predicted octanol–water partition coefficient (Wildman–Crippen LogP) is 3.23. The molecule has 1 aromatic rings. The van der Waals surface area contributed by atoms with Gasteiger partial charge in [-0.25, -0.2) is 0 Å². The zero-order valence-electron chi connectivity index (χ0n) is 12.0. The van der Waals surface area contributed by atoms with E-state index >= 15 is 0 Å². The number of carbonyl (C=O) groups is 1. The first-order chi connectivity index (χ1) is 10.0. The first-order valence-corrected chi connectivity index (χ1v) is 6.91. The molecule has 2 rings (SSSR count). The average Bonchev–Trinajstić information content (AvgIpc) is 2.40. The van der Waals surface area contributed by atoms with E-state index in [-0.39, 0.29) is 17.2 Å². The van der Waals surface area contributed by atoms with Crippen molar-refractivity contribution >= 4 is 23.6 Å². The Morgan fingerprint density at radius 1 is 1.41 bits per heavy atom. The third-order valence-corrected chi connectivity index (χ3v) is 3.92. The van der Waals surface area contributed by atoms with Gasteiger partial charge in [-0.1, -0.05) is 25.4 Å². The van der Waals surface area contributed by atoms with E-state index in [9.17, 15) is 23.1 Å². The normalized spacial score (nSPS) is 17.8. The van der Waals surface area contributed by atoms with E-state index < -0.39 is 23.8 Å². The number of rotatable bonds is 2. The Labute approximate surface area is 130 Å². The first kappa shape index (κ1) is 16.7. The molecule has 0 fully saturated rings. The number of halogens is 4. The number of carbonyl (C=O) groups excluding carboxylic acids is 1. The number of hydrogen-bond acceptors (Lipinski definition) is 3. The summed E-state index contributed by atoms with van der Waals surface area (Å²) in [6.07, 6.45) is -6.46. The van der Waals surface area contributed by atoms with Crippen LogP contribution in [-0.2, 0) is 4.79 Å². The molecule has 0 radical (unpaired) electrons. The Morgan fingerprint density at radius 2 is 2.00 bits per heavy atom. The second kappa shape index (κ2) is 5.50. The molecule has 1 aromatic carbocycles. The fourth-order valence-electron chi connectivity index (χ4n) is 2.32. The van der Waals surface area contributed by atoms with Crippen LogP contribution in [0, 0.1) is 6.92 Å². The molecule has 0 bridgehead atoms. The van der Waals surface area contributed by atoms with Gasteiger partial charge in [0.15, 0.2) is 0 Å². The van der Waals surface area contributed by atoms with Crippen LogP contribution in [-0.4, -0.2) is 18.2 Å². The molecular formula is C15H13ClF3O3-. The minimum Gasteiger partial charge on any atom is -0.545 e. The molecule has 1 heterocycles. The number of hydrogen-bond donors (Lipinski definition) is 0. The van der Waals surface area contributed by atoms with Gasteiger partial charge < -0.3 is 14.6 Å². The van der Waals surface area contributed by atoms with Gasteiger partial charge in [0.25, 0.3) is 0 Å². The largest absolute Gasteiger partial charge is 0.545 e. The van der Waals surface area contributed by atoms with E-state index in [4.69, 9.17) is 16.3 Å². The summed E-state index contributed by atoms with van der Waals surface area (Å²) in [6, 6.07) is 1.55. The fraction of sp³-hybridized carbons (Fsp3) is 0.400. The topological polar surface area (TPSA) is 49.4 Å². The van der Waals surface area contributed by atoms with Crippen LogP contribution in [0.1, 0.15) is 36.5 Å². The number of carboxylic acids is 1. The van der Waals surface area contributed by atoms with Gasteiger partial charge in [0.2, 0.25) is 6.10 Å². The van der Waals surface area contributed by atoms with Gasteiger partial charge in [0.1, 0.15) is 5.75 Å². The van der Waals surface area contributed by atoms with E-state index in [1.54, 1.807) is 26.8 Å². The summed E-state index contributed by atoms with van der Waals surface area (Å²) in [4.78, 5) is 11.0. The Kier molecular flexibility index (Phi) is 4.17. The number of carboxylic acid groups (broad SMARTS) is 1. The van der Waals surface area contributed by atoms with Crippen molar-refractivity contribution in [3.05, 3.63) is 33.4 Å². The van der Waals surface area contributed by atoms with Crippen molar-refractivity contribution in [2.75, 3.05) is 0 Å². The number of fused-ring (bicyclic) bond motifs is 1. The molecule has 1 atom stereocenters. The van der Waals surface area contributed by atoms with Gasteiger partial charge in [-0.2, -0.15) is 13.2 Å². The van der Waals surface area contributed by atoms with Crippen LogP contribution in [0.5, 0.6) is 5.75 Å². The zero-order chi connectivity index (χ0) is 16.8. The van der Waals surface area contributed by atoms with Crippen LogP contribution in [0.2, 0.25) is 5.02 Å². The van der Waals surface area contributed by atoms with Gasteiger partial charge in [-0.3, -0.25) is 0 Å². The molecule has 7 heteroatoms. The van der Waals surface area contributed by atoms with Gasteiger partial charge in [0, 0.05) is 16.2 Å². The van der Waals surface area contributed by atoms with Gasteiger partial charge in [-0.15, -0.1) is 0 Å². The van der Waals surface area contributed by atoms with Crippen LogP contribution >= 0.6 is 11.6 Å².